The van der Waals surface area contributed by atoms with E-state index in [1.165, 1.54) is 12.1 Å². The molecule has 0 heterocycles. The number of guanidine groups is 1. The van der Waals surface area contributed by atoms with E-state index in [0.29, 0.717) is 45.0 Å². The highest BCUT2D eigenvalue weighted by Gasteiger charge is 2.29. The third kappa shape index (κ3) is 12.1. The van der Waals surface area contributed by atoms with Crippen LogP contribution in [0.25, 0.3) is 0 Å². The van der Waals surface area contributed by atoms with Crippen LogP contribution in [0.3, 0.4) is 0 Å². The number of nitrogens with one attached hydrogen (secondary N) is 3. The molecular weight excluding hydrogens is 496 g/mol. The maximum absolute atomic E-state index is 12.5. The molecule has 0 radical (unpaired) electrons. The van der Waals surface area contributed by atoms with Crippen molar-refractivity contribution in [3.63, 3.8) is 0 Å². The number of alkyl halides is 3. The minimum Gasteiger partial charge on any atom is -0.357 e. The number of hydrogen-bond acceptors (Lipinski definition) is 3. The number of hydrogen-bond donors (Lipinski definition) is 3. The molecule has 0 atom stereocenters. The van der Waals surface area contributed by atoms with Gasteiger partial charge in [0.1, 0.15) is 0 Å². The van der Waals surface area contributed by atoms with Crippen LogP contribution in [0, 0.1) is 0 Å². The zero-order valence-electron chi connectivity index (χ0n) is 15.3. The number of benzene rings is 1. The van der Waals surface area contributed by atoms with Crippen LogP contribution in [0.1, 0.15) is 24.5 Å². The largest absolute Gasteiger partial charge is 0.416 e. The fraction of sp³-hybridized carbons (Fsp3) is 0.562. The minimum atomic E-state index is -4.33. The van der Waals surface area contributed by atoms with E-state index in [9.17, 15) is 21.6 Å². The lowest BCUT2D eigenvalue weighted by Crippen LogP contribution is -2.38. The summed E-state index contributed by atoms with van der Waals surface area (Å²) in [5.74, 6) is 0.582. The maximum Gasteiger partial charge on any atom is 0.416 e. The quantitative estimate of drug-likeness (QED) is 0.201. The Morgan fingerprint density at radius 2 is 1.74 bits per heavy atom. The predicted molar refractivity (Wildman–Crippen MR) is 112 cm³/mol. The number of halogens is 4. The second kappa shape index (κ2) is 12.4. The van der Waals surface area contributed by atoms with Crippen molar-refractivity contribution in [2.75, 3.05) is 32.4 Å². The molecule has 1 aromatic rings. The minimum absolute atomic E-state index is 0. The van der Waals surface area contributed by atoms with Gasteiger partial charge in [-0.15, -0.1) is 24.0 Å². The fourth-order valence-electron chi connectivity index (χ4n) is 2.05. The van der Waals surface area contributed by atoms with Crippen LogP contribution in [0.2, 0.25) is 0 Å². The first-order valence-corrected chi connectivity index (χ1v) is 10.1. The smallest absolute Gasteiger partial charge is 0.357 e. The summed E-state index contributed by atoms with van der Waals surface area (Å²) < 4.78 is 61.9. The molecule has 0 aliphatic rings. The average Bonchev–Trinajstić information content (AvgIpc) is 2.53. The van der Waals surface area contributed by atoms with E-state index in [-0.39, 0.29) is 24.0 Å². The molecule has 6 nitrogen and oxygen atoms in total. The Morgan fingerprint density at radius 3 is 2.26 bits per heavy atom. The SMILES string of the molecule is CCNC(=NCCCNS(C)(=O)=O)NCCc1ccc(C(F)(F)F)cc1.I. The molecule has 0 aliphatic heterocycles. The van der Waals surface area contributed by atoms with Gasteiger partial charge in [-0.3, -0.25) is 4.99 Å². The van der Waals surface area contributed by atoms with Gasteiger partial charge in [0.15, 0.2) is 5.96 Å². The lowest BCUT2D eigenvalue weighted by atomic mass is 10.1. The van der Waals surface area contributed by atoms with Gasteiger partial charge < -0.3 is 10.6 Å². The van der Waals surface area contributed by atoms with Crippen molar-refractivity contribution in [1.29, 1.82) is 0 Å². The first-order valence-electron chi connectivity index (χ1n) is 8.25. The first-order chi connectivity index (χ1) is 12.1. The van der Waals surface area contributed by atoms with Crippen molar-refractivity contribution in [2.24, 2.45) is 4.99 Å². The maximum atomic E-state index is 12.5. The molecule has 0 bridgehead atoms. The van der Waals surface area contributed by atoms with E-state index in [1.807, 2.05) is 6.92 Å². The van der Waals surface area contributed by atoms with Crippen LogP contribution in [0.15, 0.2) is 29.3 Å². The average molecular weight is 522 g/mol. The standard InChI is InChI=1S/C16H25F3N4O2S.HI/c1-3-20-15(21-10-4-11-23-26(2,24)25)22-12-9-13-5-7-14(8-6-13)16(17,18)19;/h5-8,23H,3-4,9-12H2,1-2H3,(H2,20,21,22);1H. The summed E-state index contributed by atoms with van der Waals surface area (Å²) in [6, 6.07) is 5.07. The monoisotopic (exact) mass is 522 g/mol. The molecule has 27 heavy (non-hydrogen) atoms. The van der Waals surface area contributed by atoms with Crippen LogP contribution < -0.4 is 15.4 Å². The van der Waals surface area contributed by atoms with Crippen molar-refractivity contribution in [1.82, 2.24) is 15.4 Å². The van der Waals surface area contributed by atoms with Gasteiger partial charge in [0, 0.05) is 26.2 Å². The predicted octanol–water partition coefficient (Wildman–Crippen LogP) is 2.36. The highest BCUT2D eigenvalue weighted by molar-refractivity contribution is 14.0. The Kier molecular flexibility index (Phi) is 11.9. The molecule has 0 saturated heterocycles. The van der Waals surface area contributed by atoms with Crippen LogP contribution in [-0.2, 0) is 22.6 Å². The third-order valence-corrected chi connectivity index (χ3v) is 4.03. The third-order valence-electron chi connectivity index (χ3n) is 3.30. The molecule has 1 rings (SSSR count). The molecule has 0 spiro atoms. The molecule has 0 amide bonds. The van der Waals surface area contributed by atoms with E-state index < -0.39 is 21.8 Å². The summed E-state index contributed by atoms with van der Waals surface area (Å²) in [5.41, 5.74) is 0.130. The summed E-state index contributed by atoms with van der Waals surface area (Å²) in [7, 11) is -3.19. The molecule has 0 saturated carbocycles. The number of sulfonamides is 1. The molecule has 156 valence electrons. The van der Waals surface area contributed by atoms with E-state index in [1.54, 1.807) is 0 Å². The van der Waals surface area contributed by atoms with Gasteiger partial charge in [-0.05, 0) is 37.5 Å². The second-order valence-corrected chi connectivity index (χ2v) is 7.49. The van der Waals surface area contributed by atoms with Crippen LogP contribution in [-0.4, -0.2) is 46.8 Å². The molecule has 1 aromatic carbocycles. The number of rotatable bonds is 9. The summed E-state index contributed by atoms with van der Waals surface area (Å²) >= 11 is 0. The van der Waals surface area contributed by atoms with Crippen LogP contribution in [0.5, 0.6) is 0 Å². The lowest BCUT2D eigenvalue weighted by Gasteiger charge is -2.12. The van der Waals surface area contributed by atoms with Gasteiger partial charge in [-0.1, -0.05) is 12.1 Å². The normalized spacial score (nSPS) is 12.4. The molecule has 0 fully saturated rings. The van der Waals surface area contributed by atoms with Gasteiger partial charge in [-0.2, -0.15) is 13.2 Å². The lowest BCUT2D eigenvalue weighted by molar-refractivity contribution is -0.137. The van der Waals surface area contributed by atoms with Crippen molar-refractivity contribution in [3.05, 3.63) is 35.4 Å². The molecule has 0 aliphatic carbocycles. The Hall–Kier alpha value is -1.08. The van der Waals surface area contributed by atoms with Crippen molar-refractivity contribution >= 4 is 40.0 Å². The highest BCUT2D eigenvalue weighted by Crippen LogP contribution is 2.29. The molecule has 0 aromatic heterocycles. The Labute approximate surface area is 175 Å². The van der Waals surface area contributed by atoms with Crippen molar-refractivity contribution < 1.29 is 21.6 Å². The Balaban J connectivity index is 0.00000676. The van der Waals surface area contributed by atoms with E-state index in [0.717, 1.165) is 24.0 Å². The van der Waals surface area contributed by atoms with Crippen LogP contribution >= 0.6 is 24.0 Å². The van der Waals surface area contributed by atoms with Gasteiger partial charge in [0.05, 0.1) is 11.8 Å². The molecular formula is C16H26F3IN4O2S. The van der Waals surface area contributed by atoms with Gasteiger partial charge in [-0.25, -0.2) is 13.1 Å². The topological polar surface area (TPSA) is 82.6 Å². The summed E-state index contributed by atoms with van der Waals surface area (Å²) in [6.45, 7) is 3.84. The fourth-order valence-corrected chi connectivity index (χ4v) is 2.57. The molecule has 11 heteroatoms. The summed E-state index contributed by atoms with van der Waals surface area (Å²) in [4.78, 5) is 4.32. The number of aliphatic imine (C=N–C) groups is 1. The summed E-state index contributed by atoms with van der Waals surface area (Å²) in [6.07, 6.45) is -2.11. The van der Waals surface area contributed by atoms with E-state index in [2.05, 4.69) is 20.3 Å². The summed E-state index contributed by atoms with van der Waals surface area (Å²) in [5, 5.41) is 6.16. The van der Waals surface area contributed by atoms with Gasteiger partial charge in [0.25, 0.3) is 0 Å². The molecule has 0 unspecified atom stereocenters. The highest BCUT2D eigenvalue weighted by atomic mass is 127. The molecule has 3 N–H and O–H groups in total. The van der Waals surface area contributed by atoms with Crippen molar-refractivity contribution in [3.8, 4) is 0 Å². The number of nitrogens with zero attached hydrogens (tertiary/aromatic N) is 1. The zero-order valence-corrected chi connectivity index (χ0v) is 18.4. The Bertz CT molecular complexity index is 680. The van der Waals surface area contributed by atoms with Gasteiger partial charge >= 0.3 is 6.18 Å². The van der Waals surface area contributed by atoms with Gasteiger partial charge in [0.2, 0.25) is 10.0 Å². The van der Waals surface area contributed by atoms with E-state index in [4.69, 9.17) is 0 Å². The van der Waals surface area contributed by atoms with Crippen molar-refractivity contribution in [2.45, 2.75) is 25.9 Å². The zero-order chi connectivity index (χ0) is 19.6. The van der Waals surface area contributed by atoms with Crippen LogP contribution in [0.4, 0.5) is 13.2 Å². The first kappa shape index (κ1) is 25.9. The second-order valence-electron chi connectivity index (χ2n) is 5.65. The Morgan fingerprint density at radius 1 is 1.11 bits per heavy atom. The van der Waals surface area contributed by atoms with E-state index >= 15 is 0 Å².